The maximum absolute atomic E-state index is 5.60. The Morgan fingerprint density at radius 2 is 1.71 bits per heavy atom. The summed E-state index contributed by atoms with van der Waals surface area (Å²) in [5, 5.41) is 0.764. The molecule has 0 heterocycles. The maximum Gasteiger partial charge on any atom is 0.261 e. The molecule has 0 saturated heterocycles. The van der Waals surface area contributed by atoms with E-state index < -0.39 is 0 Å². The molecule has 0 aliphatic rings. The summed E-state index contributed by atoms with van der Waals surface area (Å²) >= 11 is 0. The van der Waals surface area contributed by atoms with Crippen molar-refractivity contribution >= 4 is 32.5 Å². The molecule has 2 nitrogen and oxygen atoms in total. The van der Waals surface area contributed by atoms with Crippen LogP contribution >= 0.6 is 21.6 Å². The van der Waals surface area contributed by atoms with Gasteiger partial charge in [-0.3, -0.25) is 0 Å². The Balaban J connectivity index is 2.21. The number of hydrogen-bond donors (Lipinski definition) is 0. The number of unbranched alkanes of at least 4 members (excludes halogenated alkanes) is 5. The molecule has 118 valence electrons. The van der Waals surface area contributed by atoms with E-state index in [1.165, 1.54) is 38.5 Å². The van der Waals surface area contributed by atoms with Crippen molar-refractivity contribution in [2.24, 2.45) is 4.99 Å². The summed E-state index contributed by atoms with van der Waals surface area (Å²) in [5.74, 6) is 1.16. The molecular weight excluding hydrogens is 298 g/mol. The summed E-state index contributed by atoms with van der Waals surface area (Å²) in [5.41, 5.74) is 0.952. The highest BCUT2D eigenvalue weighted by Crippen LogP contribution is 2.27. The third-order valence-corrected chi connectivity index (χ3v) is 5.16. The van der Waals surface area contributed by atoms with Gasteiger partial charge in [-0.2, -0.15) is 0 Å². The average molecular weight is 326 g/mol. The molecule has 4 heteroatoms. The number of rotatable bonds is 10. The smallest absolute Gasteiger partial charge is 0.261 e. The first-order valence-electron chi connectivity index (χ1n) is 7.92. The van der Waals surface area contributed by atoms with Crippen LogP contribution in [-0.4, -0.2) is 17.6 Å². The minimum absolute atomic E-state index is 0.663. The first-order valence-corrected chi connectivity index (χ1v) is 10.2. The van der Waals surface area contributed by atoms with Crippen molar-refractivity contribution in [3.8, 4) is 0 Å². The third-order valence-electron chi connectivity index (χ3n) is 2.96. The topological polar surface area (TPSA) is 21.6 Å². The van der Waals surface area contributed by atoms with Crippen LogP contribution in [0.1, 0.15) is 52.4 Å². The first-order chi connectivity index (χ1) is 10.4. The average Bonchev–Trinajstić information content (AvgIpc) is 2.51. The van der Waals surface area contributed by atoms with Crippen molar-refractivity contribution in [1.29, 1.82) is 0 Å². The fourth-order valence-corrected chi connectivity index (χ4v) is 3.82. The van der Waals surface area contributed by atoms with Crippen molar-refractivity contribution in [3.63, 3.8) is 0 Å². The summed E-state index contributed by atoms with van der Waals surface area (Å²) in [6, 6.07) is 9.99. The van der Waals surface area contributed by atoms with Crippen LogP contribution in [0.4, 0.5) is 5.69 Å². The van der Waals surface area contributed by atoms with E-state index in [1.54, 1.807) is 10.8 Å². The molecule has 1 rings (SSSR count). The van der Waals surface area contributed by atoms with Crippen LogP contribution in [0.3, 0.4) is 0 Å². The zero-order valence-corrected chi connectivity index (χ0v) is 14.8. The van der Waals surface area contributed by atoms with E-state index in [2.05, 4.69) is 11.9 Å². The van der Waals surface area contributed by atoms with Gasteiger partial charge in [0.15, 0.2) is 0 Å². The monoisotopic (exact) mass is 325 g/mol. The Morgan fingerprint density at radius 1 is 1.00 bits per heavy atom. The van der Waals surface area contributed by atoms with E-state index in [0.29, 0.717) is 6.61 Å². The van der Waals surface area contributed by atoms with Crippen LogP contribution in [0.15, 0.2) is 35.3 Å². The Hall–Kier alpha value is -0.610. The summed E-state index contributed by atoms with van der Waals surface area (Å²) in [7, 11) is 3.50. The Bertz CT molecular complexity index is 382. The van der Waals surface area contributed by atoms with Crippen LogP contribution < -0.4 is 0 Å². The molecule has 0 spiro atoms. The van der Waals surface area contributed by atoms with Crippen LogP contribution in [-0.2, 0) is 4.74 Å². The van der Waals surface area contributed by atoms with Gasteiger partial charge < -0.3 is 4.74 Å². The fourth-order valence-electron chi connectivity index (χ4n) is 1.84. The lowest BCUT2D eigenvalue weighted by Crippen LogP contribution is -1.97. The van der Waals surface area contributed by atoms with Crippen molar-refractivity contribution in [1.82, 2.24) is 0 Å². The minimum atomic E-state index is 0.663. The molecule has 0 unspecified atom stereocenters. The Morgan fingerprint density at radius 3 is 2.43 bits per heavy atom. The van der Waals surface area contributed by atoms with Gasteiger partial charge in [-0.05, 0) is 25.5 Å². The molecule has 0 amide bonds. The lowest BCUT2D eigenvalue weighted by Gasteiger charge is -2.06. The van der Waals surface area contributed by atoms with Gasteiger partial charge in [0.05, 0.1) is 12.3 Å². The second kappa shape index (κ2) is 13.1. The number of para-hydroxylation sites is 1. The van der Waals surface area contributed by atoms with Gasteiger partial charge in [0, 0.05) is 16.5 Å². The number of benzene rings is 1. The normalized spacial score (nSPS) is 11.6. The SMILES string of the molecule is CCCCCCCCSSC(=Nc1ccccc1)OCC. The molecule has 0 radical (unpaired) electrons. The molecule has 0 saturated carbocycles. The molecular formula is C17H27NOS2. The Labute approximate surface area is 137 Å². The largest absolute Gasteiger partial charge is 0.473 e. The molecule has 0 N–H and O–H groups in total. The van der Waals surface area contributed by atoms with Gasteiger partial charge in [-0.1, -0.05) is 68.0 Å². The van der Waals surface area contributed by atoms with E-state index in [4.69, 9.17) is 4.74 Å². The van der Waals surface area contributed by atoms with Crippen LogP contribution in [0, 0.1) is 0 Å². The van der Waals surface area contributed by atoms with Gasteiger partial charge in [-0.25, -0.2) is 4.99 Å². The number of hydrogen-bond acceptors (Lipinski definition) is 4. The van der Waals surface area contributed by atoms with Gasteiger partial charge in [0.25, 0.3) is 5.23 Å². The number of nitrogens with zero attached hydrogens (tertiary/aromatic N) is 1. The van der Waals surface area contributed by atoms with Crippen LogP contribution in [0.2, 0.25) is 0 Å². The van der Waals surface area contributed by atoms with E-state index in [0.717, 1.165) is 16.7 Å². The van der Waals surface area contributed by atoms with Crippen molar-refractivity contribution in [2.45, 2.75) is 52.4 Å². The molecule has 0 aliphatic heterocycles. The van der Waals surface area contributed by atoms with Crippen LogP contribution in [0.5, 0.6) is 0 Å². The van der Waals surface area contributed by atoms with Gasteiger partial charge in [0.1, 0.15) is 0 Å². The molecule has 1 aromatic carbocycles. The predicted molar refractivity (Wildman–Crippen MR) is 98.6 cm³/mol. The third kappa shape index (κ3) is 9.86. The van der Waals surface area contributed by atoms with E-state index >= 15 is 0 Å². The summed E-state index contributed by atoms with van der Waals surface area (Å²) in [6.07, 6.45) is 8.07. The summed E-state index contributed by atoms with van der Waals surface area (Å²) in [6.45, 7) is 4.92. The lowest BCUT2D eigenvalue weighted by atomic mass is 10.1. The highest BCUT2D eigenvalue weighted by atomic mass is 33.1. The van der Waals surface area contributed by atoms with Gasteiger partial charge >= 0.3 is 0 Å². The highest BCUT2D eigenvalue weighted by molar-refractivity contribution is 8.82. The van der Waals surface area contributed by atoms with Gasteiger partial charge in [0.2, 0.25) is 0 Å². The number of aliphatic imine (C=N–C) groups is 1. The first kappa shape index (κ1) is 18.4. The predicted octanol–water partition coefficient (Wildman–Crippen LogP) is 6.45. The molecule has 0 atom stereocenters. The zero-order valence-electron chi connectivity index (χ0n) is 13.2. The second-order valence-corrected chi connectivity index (χ2v) is 7.19. The zero-order chi connectivity index (χ0) is 15.2. The lowest BCUT2D eigenvalue weighted by molar-refractivity contribution is 0.338. The molecule has 1 aromatic rings. The molecule has 0 fully saturated rings. The summed E-state index contributed by atoms with van der Waals surface area (Å²) < 4.78 is 5.60. The van der Waals surface area contributed by atoms with Crippen molar-refractivity contribution in [2.75, 3.05) is 12.4 Å². The standard InChI is InChI=1S/C17H27NOS2/c1-3-5-6-7-8-12-15-20-21-17(19-4-2)18-16-13-10-9-11-14-16/h9-11,13-14H,3-8,12,15H2,1-2H3. The molecule has 0 aliphatic carbocycles. The molecule has 21 heavy (non-hydrogen) atoms. The molecule has 0 bridgehead atoms. The highest BCUT2D eigenvalue weighted by Gasteiger charge is 2.02. The molecule has 0 aromatic heterocycles. The summed E-state index contributed by atoms with van der Waals surface area (Å²) in [4.78, 5) is 4.54. The second-order valence-electron chi connectivity index (χ2n) is 4.82. The maximum atomic E-state index is 5.60. The van der Waals surface area contributed by atoms with E-state index in [-0.39, 0.29) is 0 Å². The van der Waals surface area contributed by atoms with Crippen LogP contribution in [0.25, 0.3) is 0 Å². The minimum Gasteiger partial charge on any atom is -0.473 e. The van der Waals surface area contributed by atoms with Crippen molar-refractivity contribution in [3.05, 3.63) is 30.3 Å². The number of ether oxygens (including phenoxy) is 1. The van der Waals surface area contributed by atoms with Gasteiger partial charge in [-0.15, -0.1) is 0 Å². The Kier molecular flexibility index (Phi) is 11.5. The van der Waals surface area contributed by atoms with E-state index in [1.807, 2.05) is 48.0 Å². The fraction of sp³-hybridized carbons (Fsp3) is 0.588. The quantitative estimate of drug-likeness (QED) is 0.213. The van der Waals surface area contributed by atoms with Crippen molar-refractivity contribution < 1.29 is 4.74 Å². The van der Waals surface area contributed by atoms with E-state index in [9.17, 15) is 0 Å².